The molecule has 0 aromatic heterocycles. The molecule has 0 aliphatic carbocycles. The van der Waals surface area contributed by atoms with Gasteiger partial charge in [-0.05, 0) is 6.42 Å². The molecule has 0 aromatic carbocycles. The molecule has 10 heavy (non-hydrogen) atoms. The van der Waals surface area contributed by atoms with Crippen LogP contribution >= 0.6 is 11.8 Å². The summed E-state index contributed by atoms with van der Waals surface area (Å²) >= 11 is 1.65. The van der Waals surface area contributed by atoms with Gasteiger partial charge in [0.25, 0.3) is 0 Å². The van der Waals surface area contributed by atoms with E-state index in [4.69, 9.17) is 5.41 Å². The average molecular weight is 158 g/mol. The molecule has 1 aliphatic heterocycles. The average Bonchev–Trinajstić information content (AvgIpc) is 1.55. The summed E-state index contributed by atoms with van der Waals surface area (Å²) in [5.41, 5.74) is 0. The van der Waals surface area contributed by atoms with E-state index in [2.05, 4.69) is 18.7 Å². The molecule has 58 valence electrons. The molecule has 1 saturated heterocycles. The maximum absolute atomic E-state index is 7.57. The fourth-order valence-electron chi connectivity index (χ4n) is 0.817. The molecular formula is C7H14N2S. The van der Waals surface area contributed by atoms with Crippen LogP contribution in [0.3, 0.4) is 0 Å². The van der Waals surface area contributed by atoms with Crippen LogP contribution in [0.25, 0.3) is 0 Å². The molecule has 3 heteroatoms. The van der Waals surface area contributed by atoms with Crippen LogP contribution in [0.4, 0.5) is 0 Å². The number of hydrogen-bond acceptors (Lipinski definition) is 2. The summed E-state index contributed by atoms with van der Waals surface area (Å²) in [4.78, 5) is 2.12. The van der Waals surface area contributed by atoms with Crippen molar-refractivity contribution in [2.45, 2.75) is 25.5 Å². The third kappa shape index (κ3) is 1.90. The molecule has 0 atom stereocenters. The summed E-state index contributed by atoms with van der Waals surface area (Å²) in [5, 5.41) is 8.87. The molecule has 1 aliphatic rings. The zero-order chi connectivity index (χ0) is 7.56. The minimum atomic E-state index is 0.549. The van der Waals surface area contributed by atoms with Crippen molar-refractivity contribution in [1.82, 2.24) is 4.90 Å². The Labute approximate surface area is 66.5 Å². The van der Waals surface area contributed by atoms with E-state index in [-0.39, 0.29) is 0 Å². The van der Waals surface area contributed by atoms with E-state index in [0.717, 1.165) is 18.3 Å². The number of thioether (sulfide) groups is 1. The number of amidine groups is 1. The Balaban J connectivity index is 2.20. The molecule has 0 unspecified atom stereocenters. The summed E-state index contributed by atoms with van der Waals surface area (Å²) in [5.74, 6) is 0. The molecule has 0 amide bonds. The number of rotatable bonds is 1. The molecule has 0 bridgehead atoms. The summed E-state index contributed by atoms with van der Waals surface area (Å²) in [6.07, 6.45) is 1.26. The minimum Gasteiger partial charge on any atom is -0.352 e. The van der Waals surface area contributed by atoms with Gasteiger partial charge in [0.15, 0.2) is 5.17 Å². The molecule has 0 radical (unpaired) electrons. The molecule has 1 N–H and O–H groups in total. The maximum atomic E-state index is 7.57. The third-order valence-electron chi connectivity index (χ3n) is 1.49. The number of hydrogen-bond donors (Lipinski definition) is 1. The lowest BCUT2D eigenvalue weighted by Crippen LogP contribution is -2.40. The van der Waals surface area contributed by atoms with Gasteiger partial charge in [-0.15, -0.1) is 0 Å². The van der Waals surface area contributed by atoms with Gasteiger partial charge in [0, 0.05) is 18.3 Å². The molecule has 0 aromatic rings. The second-order valence-corrected chi connectivity index (χ2v) is 4.38. The SMILES string of the molecule is CC(C)SC(=N)N1CCC1. The highest BCUT2D eigenvalue weighted by atomic mass is 32.2. The van der Waals surface area contributed by atoms with E-state index >= 15 is 0 Å². The number of nitrogens with one attached hydrogen (secondary N) is 1. The first-order valence-electron chi connectivity index (χ1n) is 3.70. The van der Waals surface area contributed by atoms with Crippen molar-refractivity contribution < 1.29 is 0 Å². The largest absolute Gasteiger partial charge is 0.352 e. The van der Waals surface area contributed by atoms with Crippen LogP contribution in [0.15, 0.2) is 0 Å². The smallest absolute Gasteiger partial charge is 0.156 e. The van der Waals surface area contributed by atoms with Crippen molar-refractivity contribution in [3.05, 3.63) is 0 Å². The third-order valence-corrected chi connectivity index (χ3v) is 2.44. The van der Waals surface area contributed by atoms with Crippen molar-refractivity contribution in [2.75, 3.05) is 13.1 Å². The van der Waals surface area contributed by atoms with Crippen LogP contribution in [-0.2, 0) is 0 Å². The fourth-order valence-corrected chi connectivity index (χ4v) is 1.60. The lowest BCUT2D eigenvalue weighted by atomic mass is 10.2. The molecule has 0 spiro atoms. The Morgan fingerprint density at radius 3 is 2.40 bits per heavy atom. The van der Waals surface area contributed by atoms with Crippen LogP contribution in [0.2, 0.25) is 0 Å². The van der Waals surface area contributed by atoms with Crippen LogP contribution < -0.4 is 0 Å². The van der Waals surface area contributed by atoms with E-state index in [1.54, 1.807) is 11.8 Å². The van der Waals surface area contributed by atoms with Gasteiger partial charge in [0.2, 0.25) is 0 Å². The highest BCUT2D eigenvalue weighted by molar-refractivity contribution is 8.14. The summed E-state index contributed by atoms with van der Waals surface area (Å²) in [7, 11) is 0. The lowest BCUT2D eigenvalue weighted by Gasteiger charge is -2.33. The Hall–Kier alpha value is -0.180. The van der Waals surface area contributed by atoms with Gasteiger partial charge in [0.05, 0.1) is 0 Å². The van der Waals surface area contributed by atoms with Gasteiger partial charge in [-0.2, -0.15) is 0 Å². The Morgan fingerprint density at radius 2 is 2.10 bits per heavy atom. The van der Waals surface area contributed by atoms with Gasteiger partial charge >= 0.3 is 0 Å². The highest BCUT2D eigenvalue weighted by Crippen LogP contribution is 2.17. The standard InChI is InChI=1S/C7H14N2S/c1-6(2)10-7(8)9-4-3-5-9/h6,8H,3-5H2,1-2H3. The van der Waals surface area contributed by atoms with Crippen LogP contribution in [0.1, 0.15) is 20.3 Å². The van der Waals surface area contributed by atoms with Crippen molar-refractivity contribution in [3.8, 4) is 0 Å². The maximum Gasteiger partial charge on any atom is 0.156 e. The van der Waals surface area contributed by atoms with Crippen LogP contribution in [-0.4, -0.2) is 28.4 Å². The summed E-state index contributed by atoms with van der Waals surface area (Å²) < 4.78 is 0. The predicted molar refractivity (Wildman–Crippen MR) is 46.6 cm³/mol. The van der Waals surface area contributed by atoms with Crippen LogP contribution in [0, 0.1) is 5.41 Å². The zero-order valence-electron chi connectivity index (χ0n) is 6.55. The normalized spacial score (nSPS) is 17.3. The minimum absolute atomic E-state index is 0.549. The van der Waals surface area contributed by atoms with Crippen molar-refractivity contribution >= 4 is 16.9 Å². The lowest BCUT2D eigenvalue weighted by molar-refractivity contribution is 0.304. The second kappa shape index (κ2) is 3.28. The monoisotopic (exact) mass is 158 g/mol. The summed E-state index contributed by atoms with van der Waals surface area (Å²) in [6, 6.07) is 0. The van der Waals surface area contributed by atoms with Crippen molar-refractivity contribution in [3.63, 3.8) is 0 Å². The van der Waals surface area contributed by atoms with Crippen molar-refractivity contribution in [1.29, 1.82) is 5.41 Å². The molecular weight excluding hydrogens is 144 g/mol. The number of likely N-dealkylation sites (tertiary alicyclic amines) is 1. The van der Waals surface area contributed by atoms with E-state index in [0.29, 0.717) is 5.25 Å². The zero-order valence-corrected chi connectivity index (χ0v) is 7.37. The molecule has 0 saturated carbocycles. The van der Waals surface area contributed by atoms with Crippen molar-refractivity contribution in [2.24, 2.45) is 0 Å². The molecule has 2 nitrogen and oxygen atoms in total. The number of nitrogens with zero attached hydrogens (tertiary/aromatic N) is 1. The van der Waals surface area contributed by atoms with Crippen LogP contribution in [0.5, 0.6) is 0 Å². The van der Waals surface area contributed by atoms with E-state index in [1.807, 2.05) is 0 Å². The predicted octanol–water partition coefficient (Wildman–Crippen LogP) is 1.77. The topological polar surface area (TPSA) is 27.1 Å². The summed E-state index contributed by atoms with van der Waals surface area (Å²) in [6.45, 7) is 6.44. The van der Waals surface area contributed by atoms with Gasteiger partial charge in [-0.1, -0.05) is 25.6 Å². The first kappa shape index (κ1) is 7.92. The second-order valence-electron chi connectivity index (χ2n) is 2.81. The van der Waals surface area contributed by atoms with E-state index in [9.17, 15) is 0 Å². The first-order chi connectivity index (χ1) is 4.70. The molecule has 1 rings (SSSR count). The highest BCUT2D eigenvalue weighted by Gasteiger charge is 2.17. The Kier molecular flexibility index (Phi) is 2.60. The molecule has 1 fully saturated rings. The van der Waals surface area contributed by atoms with Gasteiger partial charge in [-0.25, -0.2) is 0 Å². The fraction of sp³-hybridized carbons (Fsp3) is 0.857. The van der Waals surface area contributed by atoms with Gasteiger partial charge in [0.1, 0.15) is 0 Å². The Bertz CT molecular complexity index is 130. The van der Waals surface area contributed by atoms with E-state index < -0.39 is 0 Å². The molecule has 1 heterocycles. The van der Waals surface area contributed by atoms with Gasteiger partial charge < -0.3 is 4.90 Å². The van der Waals surface area contributed by atoms with E-state index in [1.165, 1.54) is 6.42 Å². The van der Waals surface area contributed by atoms with Gasteiger partial charge in [-0.3, -0.25) is 5.41 Å². The Morgan fingerprint density at radius 1 is 1.50 bits per heavy atom. The quantitative estimate of drug-likeness (QED) is 0.465. The first-order valence-corrected chi connectivity index (χ1v) is 4.58.